The largest absolute Gasteiger partial charge is 0.748 e. The van der Waals surface area contributed by atoms with Crippen LogP contribution in [0.3, 0.4) is 0 Å². The normalized spacial score (nSPS) is 32.5. The minimum atomic E-state index is -1.77. The minimum Gasteiger partial charge on any atom is -0.748 e. The zero-order valence-electron chi connectivity index (χ0n) is 34.1. The summed E-state index contributed by atoms with van der Waals surface area (Å²) in [6.07, 6.45) is 24.4. The average Bonchev–Trinajstić information content (AvgIpc) is 3.84. The van der Waals surface area contributed by atoms with E-state index in [9.17, 15) is 0 Å². The number of aromatic nitrogens is 4. The summed E-state index contributed by atoms with van der Waals surface area (Å²) in [4.78, 5) is 20.0. The van der Waals surface area contributed by atoms with Crippen molar-refractivity contribution in [2.45, 2.75) is 126 Å². The van der Waals surface area contributed by atoms with Crippen LogP contribution in [0.1, 0.15) is 87.0 Å². The molecule has 2 aromatic heterocycles. The molecule has 8 saturated carbocycles. The predicted molar refractivity (Wildman–Crippen MR) is 236 cm³/mol. The van der Waals surface area contributed by atoms with Gasteiger partial charge in [0.1, 0.15) is 11.6 Å². The second-order valence-corrected chi connectivity index (χ2v) is 34.2. The van der Waals surface area contributed by atoms with Gasteiger partial charge in [0.2, 0.25) is 0 Å². The fourth-order valence-electron chi connectivity index (χ4n) is 13.7. The van der Waals surface area contributed by atoms with E-state index in [0.717, 1.165) is 70.3 Å². The molecule has 8 bridgehead atoms. The molecule has 1 atom stereocenters. The first-order valence-corrected chi connectivity index (χ1v) is 30.7. The second-order valence-electron chi connectivity index (χ2n) is 20.8. The summed E-state index contributed by atoms with van der Waals surface area (Å²) in [6.45, 7) is 15.7. The van der Waals surface area contributed by atoms with Crippen LogP contribution in [-0.2, 0) is 28.4 Å². The number of rotatable bonds is 9. The molecule has 55 heavy (non-hydrogen) atoms. The van der Waals surface area contributed by atoms with Gasteiger partial charge in [-0.05, 0) is 135 Å². The molecule has 4 aromatic rings. The molecule has 2 aromatic carbocycles. The smallest absolute Gasteiger partial charge is 0.137 e. The first kappa shape index (κ1) is 40.5. The van der Waals surface area contributed by atoms with Gasteiger partial charge < -0.3 is 30.3 Å². The molecule has 2 heterocycles. The Morgan fingerprint density at radius 1 is 0.636 bits per heavy atom. The van der Waals surface area contributed by atoms with Crippen molar-refractivity contribution in [2.75, 3.05) is 0 Å². The molecular formula is C46H64FeN4P2Si2-6. The molecule has 0 radical (unpaired) electrons. The Morgan fingerprint density at radius 3 is 1.33 bits per heavy atom. The molecule has 300 valence electrons. The molecule has 12 rings (SSSR count). The summed E-state index contributed by atoms with van der Waals surface area (Å²) < 4.78 is 0. The van der Waals surface area contributed by atoms with Gasteiger partial charge in [0.05, 0.1) is 13.2 Å². The Labute approximate surface area is 348 Å². The molecule has 0 aliphatic heterocycles. The Hall–Kier alpha value is -1.33. The van der Waals surface area contributed by atoms with Crippen molar-refractivity contribution in [3.63, 3.8) is 0 Å². The van der Waals surface area contributed by atoms with Crippen LogP contribution in [0.15, 0.2) is 73.3 Å². The minimum absolute atomic E-state index is 0. The van der Waals surface area contributed by atoms with Crippen LogP contribution in [0.4, 0.5) is 0 Å². The topological polar surface area (TPSA) is 51.6 Å². The zero-order chi connectivity index (χ0) is 37.4. The third-order valence-electron chi connectivity index (χ3n) is 15.0. The van der Waals surface area contributed by atoms with Crippen molar-refractivity contribution in [3.05, 3.63) is 96.1 Å². The van der Waals surface area contributed by atoms with E-state index in [0.29, 0.717) is 0 Å². The van der Waals surface area contributed by atoms with E-state index >= 15 is 0 Å². The summed E-state index contributed by atoms with van der Waals surface area (Å²) in [7, 11) is -0.368. The van der Waals surface area contributed by atoms with Crippen LogP contribution >= 0.6 is 17.2 Å². The predicted octanol–water partition coefficient (Wildman–Crippen LogP) is 10.3. The van der Waals surface area contributed by atoms with Gasteiger partial charge in [0.15, 0.2) is 0 Å². The van der Waals surface area contributed by atoms with E-state index in [-0.39, 0.29) is 25.0 Å². The molecule has 1 unspecified atom stereocenters. The van der Waals surface area contributed by atoms with Crippen molar-refractivity contribution >= 4 is 43.7 Å². The van der Waals surface area contributed by atoms with Gasteiger partial charge in [0.25, 0.3) is 0 Å². The Morgan fingerprint density at radius 2 is 1.00 bits per heavy atom. The van der Waals surface area contributed by atoms with E-state index in [1.165, 1.54) is 11.7 Å². The van der Waals surface area contributed by atoms with Crippen LogP contribution < -0.4 is 10.4 Å². The standard InChI is InChI=1S/C41H59N4P2Si2.C5H5.Fe/c1-48(2,3)35-23-34(41(46,39-42-9-7-10-43-39)40-44-11-8-12-45-40)33(38(35)49(4,5)6)24-47(36-29-15-25-13-26(17-29)18-30(36)16-25)37-31-19-27-14-28(21-31)22-32(37)20-27;1-2-4-5-3-1;/h7-12,23,25-32,36-37H,13-22,24,46H2,1-6H3;1-5H;/q-1;-5;. The molecule has 8 aliphatic rings. The summed E-state index contributed by atoms with van der Waals surface area (Å²) in [5.41, 5.74) is 5.07. The van der Waals surface area contributed by atoms with Crippen molar-refractivity contribution in [1.82, 2.24) is 19.9 Å². The summed E-state index contributed by atoms with van der Waals surface area (Å²) in [5, 5.41) is 2.81. The summed E-state index contributed by atoms with van der Waals surface area (Å²) in [5.74, 6) is 9.70. The monoisotopic (exact) mass is 846 g/mol. The van der Waals surface area contributed by atoms with Crippen molar-refractivity contribution in [1.29, 1.82) is 0 Å². The van der Waals surface area contributed by atoms with Crippen LogP contribution in [0, 0.1) is 47.3 Å². The Balaban J connectivity index is 0.000000661. The maximum Gasteiger partial charge on any atom is 0.137 e. The zero-order valence-corrected chi connectivity index (χ0v) is 39.3. The van der Waals surface area contributed by atoms with Crippen molar-refractivity contribution < 1.29 is 17.1 Å². The van der Waals surface area contributed by atoms with Gasteiger partial charge in [-0.25, -0.2) is 19.9 Å². The molecule has 4 nitrogen and oxygen atoms in total. The van der Waals surface area contributed by atoms with E-state index < -0.39 is 21.3 Å². The fraction of sp³-hybridized carbons (Fsp3) is 0.609. The second kappa shape index (κ2) is 15.7. The molecule has 0 saturated heterocycles. The summed E-state index contributed by atoms with van der Waals surface area (Å²) >= 11 is 0. The van der Waals surface area contributed by atoms with Gasteiger partial charge in [0, 0.05) is 49.9 Å². The Bertz CT molecular complexity index is 1730. The molecule has 0 spiro atoms. The molecule has 9 heteroatoms. The van der Waals surface area contributed by atoms with Crippen molar-refractivity contribution in [2.24, 2.45) is 47.3 Å². The van der Waals surface area contributed by atoms with Crippen LogP contribution in [0.25, 0.3) is 0 Å². The third-order valence-corrected chi connectivity index (χ3v) is 24.1. The molecular weight excluding hydrogens is 782 g/mol. The van der Waals surface area contributed by atoms with Crippen molar-refractivity contribution in [3.8, 4) is 0 Å². The van der Waals surface area contributed by atoms with Crippen LogP contribution in [0.5, 0.6) is 0 Å². The third kappa shape index (κ3) is 7.57. The molecule has 0 amide bonds. The first-order chi connectivity index (χ1) is 25.9. The van der Waals surface area contributed by atoms with Gasteiger partial charge in [-0.15, -0.1) is 17.2 Å². The maximum absolute atomic E-state index is 5.00. The average molecular weight is 847 g/mol. The quantitative estimate of drug-likeness (QED) is 0.0957. The fourth-order valence-corrected chi connectivity index (χ4v) is 24.8. The van der Waals surface area contributed by atoms with Gasteiger partial charge >= 0.3 is 0 Å². The number of hydrogen-bond donors (Lipinski definition) is 0. The first-order valence-electron chi connectivity index (χ1n) is 21.5. The van der Waals surface area contributed by atoms with E-state index in [4.69, 9.17) is 19.9 Å². The number of nitrogens with zero attached hydrogens (tertiary/aromatic N) is 4. The van der Waals surface area contributed by atoms with Crippen LogP contribution in [0.2, 0.25) is 39.3 Å². The van der Waals surface area contributed by atoms with E-state index in [1.54, 1.807) is 80.1 Å². The van der Waals surface area contributed by atoms with Gasteiger partial charge in [-0.3, -0.25) is 0 Å². The SMILES string of the molecule is C[Si](C)(C)c1c(CP(C2C3CC4CC(C3)CC2C4)C2C3CC4CC(C3)CC2C4)c(C(P)(c2ncccn2)c2ncccn2)c[c-]1[Si](C)(C)C.[Fe].[cH-]1[cH-][cH-][cH-][cH-]1. The van der Waals surface area contributed by atoms with E-state index in [2.05, 4.69) is 54.6 Å². The van der Waals surface area contributed by atoms with E-state index in [1.807, 2.05) is 67.3 Å². The van der Waals surface area contributed by atoms with Gasteiger partial charge in [-0.2, -0.15) is 27.6 Å². The number of hydrogen-bond acceptors (Lipinski definition) is 4. The molecule has 8 aliphatic carbocycles. The molecule has 8 fully saturated rings. The summed E-state index contributed by atoms with van der Waals surface area (Å²) in [6, 6.07) is 16.6. The van der Waals surface area contributed by atoms with Crippen LogP contribution in [-0.4, -0.2) is 47.4 Å². The maximum atomic E-state index is 5.00. The molecule has 0 N–H and O–H groups in total. The Kier molecular flexibility index (Phi) is 11.5. The van der Waals surface area contributed by atoms with Gasteiger partial charge in [-0.1, -0.05) is 45.4 Å².